The first-order valence-electron chi connectivity index (χ1n) is 8.48. The first-order chi connectivity index (χ1) is 12.4. The van der Waals surface area contributed by atoms with Crippen LogP contribution in [0, 0.1) is 0 Å². The zero-order valence-corrected chi connectivity index (χ0v) is 16.4. The molecule has 1 fully saturated rings. The number of alkyl carbamates (subject to hydrolysis) is 1. The van der Waals surface area contributed by atoms with Gasteiger partial charge in [-0.2, -0.15) is 0 Å². The number of carbonyl (C=O) groups excluding carboxylic acids is 4. The number of esters is 3. The van der Waals surface area contributed by atoms with Gasteiger partial charge in [-0.05, 0) is 20.8 Å². The summed E-state index contributed by atoms with van der Waals surface area (Å²) >= 11 is 0. The minimum absolute atomic E-state index is 0.0686. The number of rotatable bonds is 5. The Hall–Kier alpha value is -2.36. The molecule has 4 atom stereocenters. The predicted octanol–water partition coefficient (Wildman–Crippen LogP) is 0.705. The topological polar surface area (TPSA) is 126 Å². The van der Waals surface area contributed by atoms with Crippen LogP contribution in [0.1, 0.15) is 41.5 Å². The molecule has 0 aromatic rings. The Bertz CT molecular complexity index is 569. The number of carbonyl (C=O) groups is 4. The fourth-order valence-electron chi connectivity index (χ4n) is 2.46. The third-order valence-electron chi connectivity index (χ3n) is 3.33. The van der Waals surface area contributed by atoms with Gasteiger partial charge < -0.3 is 29.0 Å². The van der Waals surface area contributed by atoms with Crippen LogP contribution in [0.2, 0.25) is 0 Å². The molecule has 0 aromatic carbocycles. The second kappa shape index (κ2) is 9.54. The molecule has 1 saturated heterocycles. The van der Waals surface area contributed by atoms with Gasteiger partial charge in [-0.25, -0.2) is 4.79 Å². The summed E-state index contributed by atoms with van der Waals surface area (Å²) < 4.78 is 26.2. The molecule has 0 aliphatic carbocycles. The average molecular weight is 389 g/mol. The highest BCUT2D eigenvalue weighted by Gasteiger charge is 2.46. The number of ether oxygens (including phenoxy) is 5. The van der Waals surface area contributed by atoms with Gasteiger partial charge in [0.05, 0.1) is 12.6 Å². The molecule has 154 valence electrons. The largest absolute Gasteiger partial charge is 0.463 e. The highest BCUT2D eigenvalue weighted by atomic mass is 16.6. The lowest BCUT2D eigenvalue weighted by Crippen LogP contribution is -2.62. The highest BCUT2D eigenvalue weighted by molar-refractivity contribution is 5.69. The van der Waals surface area contributed by atoms with Crippen LogP contribution in [-0.2, 0) is 38.1 Å². The van der Waals surface area contributed by atoms with Gasteiger partial charge in [-0.15, -0.1) is 0 Å². The predicted molar refractivity (Wildman–Crippen MR) is 90.6 cm³/mol. The van der Waals surface area contributed by atoms with Crippen LogP contribution in [0.4, 0.5) is 4.79 Å². The van der Waals surface area contributed by atoms with Crippen LogP contribution in [0.5, 0.6) is 0 Å². The van der Waals surface area contributed by atoms with E-state index in [9.17, 15) is 19.2 Å². The zero-order chi connectivity index (χ0) is 20.8. The van der Waals surface area contributed by atoms with Gasteiger partial charge >= 0.3 is 24.0 Å². The summed E-state index contributed by atoms with van der Waals surface area (Å²) in [5, 5.41) is 2.56. The molecule has 0 saturated carbocycles. The van der Waals surface area contributed by atoms with Gasteiger partial charge in [0.2, 0.25) is 0 Å². The Kier molecular flexibility index (Phi) is 8.01. The van der Waals surface area contributed by atoms with Gasteiger partial charge in [0.15, 0.2) is 12.2 Å². The fraction of sp³-hybridized carbons (Fsp3) is 0.765. The maximum atomic E-state index is 12.1. The molecule has 10 nitrogen and oxygen atoms in total. The molecule has 0 aromatic heterocycles. The van der Waals surface area contributed by atoms with Crippen LogP contribution in [0.25, 0.3) is 0 Å². The van der Waals surface area contributed by atoms with Crippen molar-refractivity contribution < 1.29 is 42.9 Å². The van der Waals surface area contributed by atoms with Crippen molar-refractivity contribution >= 4 is 24.0 Å². The summed E-state index contributed by atoms with van der Waals surface area (Å²) in [4.78, 5) is 46.2. The van der Waals surface area contributed by atoms with E-state index in [-0.39, 0.29) is 13.2 Å². The van der Waals surface area contributed by atoms with Gasteiger partial charge in [-0.3, -0.25) is 14.4 Å². The van der Waals surface area contributed by atoms with Gasteiger partial charge in [0.25, 0.3) is 0 Å². The van der Waals surface area contributed by atoms with E-state index >= 15 is 0 Å². The first kappa shape index (κ1) is 22.7. The van der Waals surface area contributed by atoms with Gasteiger partial charge in [0.1, 0.15) is 18.3 Å². The quantitative estimate of drug-likeness (QED) is 0.534. The molecule has 0 unspecified atom stereocenters. The summed E-state index contributed by atoms with van der Waals surface area (Å²) in [6, 6.07) is -0.832. The Morgan fingerprint density at radius 2 is 1.52 bits per heavy atom. The minimum atomic E-state index is -1.08. The summed E-state index contributed by atoms with van der Waals surface area (Å²) in [6.45, 7) is 8.41. The van der Waals surface area contributed by atoms with E-state index in [4.69, 9.17) is 23.7 Å². The van der Waals surface area contributed by atoms with E-state index in [0.29, 0.717) is 0 Å². The van der Waals surface area contributed by atoms with Crippen molar-refractivity contribution in [2.45, 2.75) is 71.5 Å². The smallest absolute Gasteiger partial charge is 0.408 e. The van der Waals surface area contributed by atoms with Gasteiger partial charge in [-0.1, -0.05) is 0 Å². The van der Waals surface area contributed by atoms with Crippen molar-refractivity contribution in [3.8, 4) is 0 Å². The lowest BCUT2D eigenvalue weighted by molar-refractivity contribution is -0.206. The fourth-order valence-corrected chi connectivity index (χ4v) is 2.46. The maximum Gasteiger partial charge on any atom is 0.408 e. The molecule has 10 heteroatoms. The van der Waals surface area contributed by atoms with Crippen molar-refractivity contribution in [2.75, 3.05) is 13.2 Å². The molecular weight excluding hydrogens is 362 g/mol. The van der Waals surface area contributed by atoms with Crippen LogP contribution >= 0.6 is 0 Å². The van der Waals surface area contributed by atoms with E-state index in [1.54, 1.807) is 20.8 Å². The van der Waals surface area contributed by atoms with Crippen molar-refractivity contribution in [3.63, 3.8) is 0 Å². The lowest BCUT2D eigenvalue weighted by atomic mass is 9.97. The number of hydrogen-bond donors (Lipinski definition) is 1. The SMILES string of the molecule is CC(=O)OC[C@H]1OC[C@H](NC(=O)OC(C)(C)C)[C@@H](OC(C)=O)[C@H]1OC(C)=O. The molecule has 0 spiro atoms. The maximum absolute atomic E-state index is 12.1. The summed E-state index contributed by atoms with van der Waals surface area (Å²) in [5.74, 6) is -1.83. The normalized spacial score (nSPS) is 25.1. The number of amides is 1. The summed E-state index contributed by atoms with van der Waals surface area (Å²) in [5.41, 5.74) is -0.732. The third-order valence-corrected chi connectivity index (χ3v) is 3.33. The molecule has 0 bridgehead atoms. The molecular formula is C17H27NO9. The van der Waals surface area contributed by atoms with E-state index in [1.807, 2.05) is 0 Å². The van der Waals surface area contributed by atoms with Crippen molar-refractivity contribution in [2.24, 2.45) is 0 Å². The Morgan fingerprint density at radius 1 is 0.963 bits per heavy atom. The Balaban J connectivity index is 3.00. The number of nitrogens with one attached hydrogen (secondary N) is 1. The lowest BCUT2D eigenvalue weighted by Gasteiger charge is -2.41. The molecule has 1 rings (SSSR count). The van der Waals surface area contributed by atoms with E-state index in [1.165, 1.54) is 20.8 Å². The second-order valence-corrected chi connectivity index (χ2v) is 7.08. The molecule has 1 aliphatic heterocycles. The standard InChI is InChI=1S/C17H27NO9/c1-9(19)23-8-13-15(26-11(3)21)14(25-10(2)20)12(7-24-13)18-16(22)27-17(4,5)6/h12-15H,7-8H2,1-6H3,(H,18,22)/t12-,13+,14+,15-/m0/s1. The van der Waals surface area contributed by atoms with E-state index in [0.717, 1.165) is 0 Å². The van der Waals surface area contributed by atoms with E-state index < -0.39 is 54.0 Å². The van der Waals surface area contributed by atoms with Crippen molar-refractivity contribution in [3.05, 3.63) is 0 Å². The Morgan fingerprint density at radius 3 is 2.00 bits per heavy atom. The highest BCUT2D eigenvalue weighted by Crippen LogP contribution is 2.23. The molecule has 1 heterocycles. The summed E-state index contributed by atoms with van der Waals surface area (Å²) in [7, 11) is 0. The second-order valence-electron chi connectivity index (χ2n) is 7.08. The third kappa shape index (κ3) is 8.25. The molecule has 1 aliphatic rings. The van der Waals surface area contributed by atoms with Crippen LogP contribution < -0.4 is 5.32 Å². The van der Waals surface area contributed by atoms with E-state index in [2.05, 4.69) is 5.32 Å². The molecule has 1 amide bonds. The van der Waals surface area contributed by atoms with Crippen LogP contribution in [0.15, 0.2) is 0 Å². The number of hydrogen-bond acceptors (Lipinski definition) is 9. The van der Waals surface area contributed by atoms with Crippen molar-refractivity contribution in [1.29, 1.82) is 0 Å². The van der Waals surface area contributed by atoms with Gasteiger partial charge in [0, 0.05) is 20.8 Å². The molecule has 0 radical (unpaired) electrons. The van der Waals surface area contributed by atoms with Crippen LogP contribution in [0.3, 0.4) is 0 Å². The average Bonchev–Trinajstić information content (AvgIpc) is 2.46. The Labute approximate surface area is 157 Å². The first-order valence-corrected chi connectivity index (χ1v) is 8.48. The minimum Gasteiger partial charge on any atom is -0.463 e. The van der Waals surface area contributed by atoms with Crippen LogP contribution in [-0.4, -0.2) is 67.2 Å². The molecule has 1 N–H and O–H groups in total. The zero-order valence-electron chi connectivity index (χ0n) is 16.4. The molecule has 27 heavy (non-hydrogen) atoms. The van der Waals surface area contributed by atoms with Crippen molar-refractivity contribution in [1.82, 2.24) is 5.32 Å². The summed E-state index contributed by atoms with van der Waals surface area (Å²) in [6.07, 6.45) is -3.74. The monoisotopic (exact) mass is 389 g/mol.